The molecule has 2 aromatic carbocycles. The number of pyridine rings is 1. The molecule has 1 aliphatic heterocycles. The Labute approximate surface area is 265 Å². The molecule has 0 spiro atoms. The molecule has 0 aliphatic carbocycles. The second-order valence-electron chi connectivity index (χ2n) is 11.7. The van der Waals surface area contributed by atoms with Crippen LogP contribution >= 0.6 is 0 Å². The number of nitrogens with zero attached hydrogens (tertiary/aromatic N) is 3. The number of ketones is 1. The van der Waals surface area contributed by atoms with E-state index in [-0.39, 0.29) is 33.4 Å². The zero-order valence-corrected chi connectivity index (χ0v) is 25.4. The van der Waals surface area contributed by atoms with Gasteiger partial charge >= 0.3 is 6.18 Å². The molecular weight excluding hydrogens is 621 g/mol. The Balaban J connectivity index is 1.24. The molecule has 3 aromatic heterocycles. The van der Waals surface area contributed by atoms with Gasteiger partial charge in [0.15, 0.2) is 0 Å². The van der Waals surface area contributed by atoms with Gasteiger partial charge in [-0.25, -0.2) is 13.8 Å². The highest BCUT2D eigenvalue weighted by atomic mass is 19.4. The van der Waals surface area contributed by atoms with Gasteiger partial charge in [0.05, 0.1) is 34.1 Å². The first-order valence-electron chi connectivity index (χ1n) is 14.8. The summed E-state index contributed by atoms with van der Waals surface area (Å²) in [5.41, 5.74) is -1.12. The van der Waals surface area contributed by atoms with Crippen molar-refractivity contribution in [3.63, 3.8) is 0 Å². The summed E-state index contributed by atoms with van der Waals surface area (Å²) < 4.78 is 81.0. The van der Waals surface area contributed by atoms with Gasteiger partial charge in [0, 0.05) is 55.7 Å². The number of nitrogens with one attached hydrogen (secondary N) is 2. The van der Waals surface area contributed by atoms with Crippen LogP contribution in [0.2, 0.25) is 0 Å². The molecule has 1 aliphatic rings. The van der Waals surface area contributed by atoms with Crippen LogP contribution in [0, 0.1) is 11.6 Å². The third-order valence-corrected chi connectivity index (χ3v) is 8.45. The van der Waals surface area contributed by atoms with Crippen LogP contribution < -0.4 is 10.6 Å². The lowest BCUT2D eigenvalue weighted by Gasteiger charge is -2.34. The molecule has 13 heteroatoms. The molecule has 1 fully saturated rings. The summed E-state index contributed by atoms with van der Waals surface area (Å²) in [5.74, 6) is -3.86. The Morgan fingerprint density at radius 1 is 1.02 bits per heavy atom. The fraction of sp³-hybridized carbons (Fsp3) is 0.265. The summed E-state index contributed by atoms with van der Waals surface area (Å²) in [7, 11) is 1.60. The van der Waals surface area contributed by atoms with Crippen LogP contribution in [-0.2, 0) is 22.8 Å². The van der Waals surface area contributed by atoms with Crippen molar-refractivity contribution in [2.24, 2.45) is 7.05 Å². The minimum atomic E-state index is -4.69. The van der Waals surface area contributed by atoms with Gasteiger partial charge in [-0.15, -0.1) is 0 Å². The topological polar surface area (TPSA) is 89.7 Å². The van der Waals surface area contributed by atoms with Crippen molar-refractivity contribution >= 4 is 33.9 Å². The number of hydrogen-bond donors (Lipinski definition) is 2. The first-order chi connectivity index (χ1) is 22.3. The van der Waals surface area contributed by atoms with Crippen molar-refractivity contribution < 1.29 is 36.3 Å². The lowest BCUT2D eigenvalue weighted by atomic mass is 9.92. The van der Waals surface area contributed by atoms with E-state index in [0.29, 0.717) is 30.8 Å². The van der Waals surface area contributed by atoms with Crippen molar-refractivity contribution in [3.8, 4) is 11.1 Å². The Kier molecular flexibility index (Phi) is 8.45. The van der Waals surface area contributed by atoms with Crippen molar-refractivity contribution in [1.82, 2.24) is 19.3 Å². The Morgan fingerprint density at radius 3 is 2.45 bits per heavy atom. The summed E-state index contributed by atoms with van der Waals surface area (Å²) >= 11 is 0. The van der Waals surface area contributed by atoms with Gasteiger partial charge in [0.1, 0.15) is 17.3 Å². The molecule has 0 bridgehead atoms. The highest BCUT2D eigenvalue weighted by Gasteiger charge is 2.35. The van der Waals surface area contributed by atoms with Crippen LogP contribution in [0.5, 0.6) is 0 Å². The van der Waals surface area contributed by atoms with Gasteiger partial charge in [0.2, 0.25) is 11.7 Å². The minimum absolute atomic E-state index is 0.0291. The van der Waals surface area contributed by atoms with Gasteiger partial charge in [-0.3, -0.25) is 9.59 Å². The average molecular weight is 652 g/mol. The molecule has 0 radical (unpaired) electrons. The lowest BCUT2D eigenvalue weighted by Crippen LogP contribution is -2.46. The predicted molar refractivity (Wildman–Crippen MR) is 166 cm³/mol. The summed E-state index contributed by atoms with van der Waals surface area (Å²) in [6.07, 6.45) is 2.54. The Hall–Kier alpha value is -4.88. The number of benzene rings is 2. The SMILES string of the molecule is Cn1cnc2cc(-c3cccn4c(C(=O)c5cc(F)c(NC(=O)/C=C/CNC6(C)CCOCC6)c(F)c5)ccc34)c(C(F)(F)F)cc21. The number of halogens is 5. The second-order valence-corrected chi connectivity index (χ2v) is 11.7. The standard InChI is InChI=1S/C34H30F5N5O3/c1-33(9-13-47-14-10-33)41-11-3-6-30(45)42-31-24(35)15-20(16-25(31)36)32(46)28-8-7-27-21(5-4-12-44(27)28)22-17-26-29(43(2)19-40-26)18-23(22)34(37,38)39/h3-8,12,15-19,41H,9-11,13-14H2,1-2H3,(H,42,45)/b6-3+. The van der Waals surface area contributed by atoms with Crippen LogP contribution in [0.15, 0.2) is 73.2 Å². The number of fused-ring (bicyclic) bond motifs is 2. The van der Waals surface area contributed by atoms with E-state index in [4.69, 9.17) is 4.74 Å². The number of amides is 1. The number of ether oxygens (including phenoxy) is 1. The molecule has 8 nitrogen and oxygen atoms in total. The zero-order valence-electron chi connectivity index (χ0n) is 25.4. The molecule has 0 unspecified atom stereocenters. The van der Waals surface area contributed by atoms with Crippen molar-refractivity contribution in [1.29, 1.82) is 0 Å². The van der Waals surface area contributed by atoms with E-state index in [1.54, 1.807) is 13.1 Å². The summed E-state index contributed by atoms with van der Waals surface area (Å²) in [6, 6.07) is 9.80. The predicted octanol–water partition coefficient (Wildman–Crippen LogP) is 6.67. The van der Waals surface area contributed by atoms with E-state index in [0.717, 1.165) is 37.1 Å². The zero-order chi connectivity index (χ0) is 33.5. The fourth-order valence-corrected chi connectivity index (χ4v) is 5.79. The fourth-order valence-electron chi connectivity index (χ4n) is 5.79. The quantitative estimate of drug-likeness (QED) is 0.111. The highest BCUT2D eigenvalue weighted by molar-refractivity contribution is 6.09. The average Bonchev–Trinajstić information content (AvgIpc) is 3.63. The van der Waals surface area contributed by atoms with Gasteiger partial charge in [-0.05, 0) is 67.8 Å². The van der Waals surface area contributed by atoms with Crippen molar-refractivity contribution in [2.75, 3.05) is 25.1 Å². The number of aryl methyl sites for hydroxylation is 1. The Morgan fingerprint density at radius 2 is 1.74 bits per heavy atom. The first kappa shape index (κ1) is 32.1. The first-order valence-corrected chi connectivity index (χ1v) is 14.8. The number of aromatic nitrogens is 3. The number of carbonyl (C=O) groups excluding carboxylic acids is 2. The van der Waals surface area contributed by atoms with Crippen molar-refractivity contribution in [3.05, 3.63) is 102 Å². The number of hydrogen-bond acceptors (Lipinski definition) is 5. The molecule has 0 atom stereocenters. The number of alkyl halides is 3. The molecule has 1 amide bonds. The number of anilines is 1. The number of carbonyl (C=O) groups is 2. The maximum atomic E-state index is 15.1. The van der Waals surface area contributed by atoms with Crippen LogP contribution in [0.1, 0.15) is 41.4 Å². The molecule has 47 heavy (non-hydrogen) atoms. The summed E-state index contributed by atoms with van der Waals surface area (Å²) in [6.45, 7) is 3.70. The van der Waals surface area contributed by atoms with E-state index in [9.17, 15) is 22.8 Å². The van der Waals surface area contributed by atoms with Gasteiger partial charge in [-0.2, -0.15) is 13.2 Å². The highest BCUT2D eigenvalue weighted by Crippen LogP contribution is 2.41. The van der Waals surface area contributed by atoms with Crippen LogP contribution in [0.25, 0.3) is 27.7 Å². The Bertz CT molecular complexity index is 2020. The normalized spacial score (nSPS) is 15.1. The lowest BCUT2D eigenvalue weighted by molar-refractivity contribution is -0.137. The third-order valence-electron chi connectivity index (χ3n) is 8.45. The van der Waals surface area contributed by atoms with E-state index < -0.39 is 40.8 Å². The number of rotatable bonds is 8. The molecule has 6 rings (SSSR count). The molecular formula is C34H30F5N5O3. The van der Waals surface area contributed by atoms with E-state index in [2.05, 4.69) is 22.5 Å². The maximum Gasteiger partial charge on any atom is 0.417 e. The maximum absolute atomic E-state index is 15.1. The van der Waals surface area contributed by atoms with Gasteiger partial charge in [0.25, 0.3) is 0 Å². The molecule has 5 aromatic rings. The molecule has 244 valence electrons. The molecule has 4 heterocycles. The van der Waals surface area contributed by atoms with Gasteiger partial charge in [-0.1, -0.05) is 12.1 Å². The summed E-state index contributed by atoms with van der Waals surface area (Å²) in [4.78, 5) is 30.1. The monoisotopic (exact) mass is 651 g/mol. The molecule has 1 saturated heterocycles. The summed E-state index contributed by atoms with van der Waals surface area (Å²) in [5, 5.41) is 5.50. The molecule has 0 saturated carbocycles. The largest absolute Gasteiger partial charge is 0.417 e. The van der Waals surface area contributed by atoms with Crippen LogP contribution in [-0.4, -0.2) is 50.9 Å². The molecule has 2 N–H and O–H groups in total. The van der Waals surface area contributed by atoms with Crippen LogP contribution in [0.3, 0.4) is 0 Å². The van der Waals surface area contributed by atoms with Gasteiger partial charge < -0.3 is 24.3 Å². The minimum Gasteiger partial charge on any atom is -0.381 e. The van der Waals surface area contributed by atoms with Crippen LogP contribution in [0.4, 0.5) is 27.6 Å². The van der Waals surface area contributed by atoms with E-state index >= 15 is 8.78 Å². The number of imidazole rings is 1. The smallest absolute Gasteiger partial charge is 0.381 e. The second kappa shape index (κ2) is 12.4. The van der Waals surface area contributed by atoms with E-state index in [1.807, 2.05) is 0 Å². The van der Waals surface area contributed by atoms with Crippen molar-refractivity contribution in [2.45, 2.75) is 31.5 Å². The van der Waals surface area contributed by atoms with E-state index in [1.165, 1.54) is 51.8 Å². The third kappa shape index (κ3) is 6.41.